The van der Waals surface area contributed by atoms with Gasteiger partial charge in [-0.1, -0.05) is 30.3 Å². The van der Waals surface area contributed by atoms with Gasteiger partial charge in [0.2, 0.25) is 0 Å². The Hall–Kier alpha value is -1.60. The van der Waals surface area contributed by atoms with Crippen LogP contribution in [0.1, 0.15) is 12.5 Å². The first-order valence-corrected chi connectivity index (χ1v) is 6.39. The number of halogens is 3. The molecule has 0 aliphatic carbocycles. The van der Waals surface area contributed by atoms with Crippen LogP contribution in [0, 0.1) is 0 Å². The minimum absolute atomic E-state index is 0.0603. The van der Waals surface area contributed by atoms with E-state index in [1.165, 1.54) is 7.11 Å². The van der Waals surface area contributed by atoms with Gasteiger partial charge in [-0.2, -0.15) is 13.2 Å². The number of carbonyl (C=O) groups excluding carboxylic acids is 1. The Bertz CT molecular complexity index is 451. The molecule has 4 nitrogen and oxygen atoms in total. The molecule has 0 amide bonds. The lowest BCUT2D eigenvalue weighted by Gasteiger charge is -2.32. The van der Waals surface area contributed by atoms with Crippen molar-refractivity contribution in [2.24, 2.45) is 0 Å². The molecule has 0 spiro atoms. The van der Waals surface area contributed by atoms with Crippen LogP contribution in [-0.2, 0) is 19.8 Å². The molecule has 0 aliphatic rings. The van der Waals surface area contributed by atoms with Gasteiger partial charge in [-0.05, 0) is 12.5 Å². The van der Waals surface area contributed by atoms with Gasteiger partial charge in [-0.15, -0.1) is 0 Å². The molecule has 1 aromatic rings. The minimum atomic E-state index is -4.46. The molecule has 1 atom stereocenters. The number of nitrogens with one attached hydrogen (secondary N) is 1. The van der Waals surface area contributed by atoms with E-state index in [4.69, 9.17) is 9.47 Å². The Kier molecular flexibility index (Phi) is 6.17. The highest BCUT2D eigenvalue weighted by Gasteiger charge is 2.44. The molecule has 7 heteroatoms. The van der Waals surface area contributed by atoms with Gasteiger partial charge in [0.1, 0.15) is 0 Å². The van der Waals surface area contributed by atoms with Crippen LogP contribution in [0.3, 0.4) is 0 Å². The summed E-state index contributed by atoms with van der Waals surface area (Å²) in [4.78, 5) is 12.2. The van der Waals surface area contributed by atoms with Crippen molar-refractivity contribution in [1.82, 2.24) is 5.32 Å². The van der Waals surface area contributed by atoms with Gasteiger partial charge in [0.25, 0.3) is 0 Å². The monoisotopic (exact) mass is 305 g/mol. The summed E-state index contributed by atoms with van der Waals surface area (Å²) in [6.07, 6.45) is -4.46. The first-order chi connectivity index (χ1) is 9.85. The average Bonchev–Trinajstić information content (AvgIpc) is 2.44. The first-order valence-electron chi connectivity index (χ1n) is 6.39. The highest BCUT2D eigenvalue weighted by molar-refractivity contribution is 5.83. The van der Waals surface area contributed by atoms with Gasteiger partial charge in [0.05, 0.1) is 19.8 Å². The molecule has 1 rings (SSSR count). The Labute approximate surface area is 121 Å². The standard InChI is InChI=1S/C14H18F3NO3/c1-3-21-12(19)13(10-20-2,18-9-14(15,16)17)11-7-5-4-6-8-11/h4-8,18H,3,9-10H2,1-2H3. The van der Waals surface area contributed by atoms with Gasteiger partial charge in [0, 0.05) is 7.11 Å². The van der Waals surface area contributed by atoms with Crippen molar-refractivity contribution in [2.75, 3.05) is 26.9 Å². The molecule has 0 fully saturated rings. The fourth-order valence-electron chi connectivity index (χ4n) is 1.93. The zero-order chi connectivity index (χ0) is 15.9. The number of benzene rings is 1. The van der Waals surface area contributed by atoms with E-state index in [1.54, 1.807) is 37.3 Å². The smallest absolute Gasteiger partial charge is 0.401 e. The topological polar surface area (TPSA) is 47.6 Å². The van der Waals surface area contributed by atoms with Gasteiger partial charge in [-0.3, -0.25) is 5.32 Å². The summed E-state index contributed by atoms with van der Waals surface area (Å²) in [5, 5.41) is 2.25. The van der Waals surface area contributed by atoms with E-state index in [0.29, 0.717) is 5.56 Å². The van der Waals surface area contributed by atoms with Gasteiger partial charge < -0.3 is 9.47 Å². The largest absolute Gasteiger partial charge is 0.464 e. The first kappa shape index (κ1) is 17.5. The molecule has 0 aromatic heterocycles. The molecule has 0 radical (unpaired) electrons. The van der Waals surface area contributed by atoms with Crippen molar-refractivity contribution < 1.29 is 27.4 Å². The molecule has 0 heterocycles. The van der Waals surface area contributed by atoms with Crippen LogP contribution in [0.5, 0.6) is 0 Å². The van der Waals surface area contributed by atoms with E-state index in [-0.39, 0.29) is 13.2 Å². The molecule has 0 saturated heterocycles. The van der Waals surface area contributed by atoms with Crippen LogP contribution in [0.2, 0.25) is 0 Å². The zero-order valence-corrected chi connectivity index (χ0v) is 11.9. The van der Waals surface area contributed by atoms with Crippen molar-refractivity contribution in [3.05, 3.63) is 35.9 Å². The number of hydrogen-bond donors (Lipinski definition) is 1. The summed E-state index contributed by atoms with van der Waals surface area (Å²) in [6, 6.07) is 8.08. The molecule has 118 valence electrons. The SMILES string of the molecule is CCOC(=O)C(COC)(NCC(F)(F)F)c1ccccc1. The van der Waals surface area contributed by atoms with E-state index in [1.807, 2.05) is 0 Å². The second-order valence-corrected chi connectivity index (χ2v) is 4.39. The quantitative estimate of drug-likeness (QED) is 0.785. The number of hydrogen-bond acceptors (Lipinski definition) is 4. The maximum atomic E-state index is 12.5. The van der Waals surface area contributed by atoms with E-state index >= 15 is 0 Å². The van der Waals surface area contributed by atoms with Crippen molar-refractivity contribution in [3.8, 4) is 0 Å². The summed E-state index contributed by atoms with van der Waals surface area (Å²) in [5.74, 6) is -0.803. The number of methoxy groups -OCH3 is 1. The van der Waals surface area contributed by atoms with Crippen LogP contribution < -0.4 is 5.32 Å². The molecule has 1 aromatic carbocycles. The third-order valence-corrected chi connectivity index (χ3v) is 2.84. The summed E-state index contributed by atoms with van der Waals surface area (Å²) in [7, 11) is 1.31. The number of alkyl halides is 3. The van der Waals surface area contributed by atoms with Gasteiger partial charge >= 0.3 is 12.1 Å². The van der Waals surface area contributed by atoms with Crippen LogP contribution >= 0.6 is 0 Å². The van der Waals surface area contributed by atoms with E-state index in [0.717, 1.165) is 0 Å². The third kappa shape index (κ3) is 4.71. The molecule has 1 N–H and O–H groups in total. The summed E-state index contributed by atoms with van der Waals surface area (Å²) in [6.45, 7) is 0.0467. The normalized spacial score (nSPS) is 14.5. The molecule has 1 unspecified atom stereocenters. The predicted octanol–water partition coefficient (Wildman–Crippen LogP) is 2.24. The number of rotatable bonds is 7. The van der Waals surface area contributed by atoms with Gasteiger partial charge in [-0.25, -0.2) is 4.79 Å². The summed E-state index contributed by atoms with van der Waals surface area (Å²) >= 11 is 0. The van der Waals surface area contributed by atoms with Crippen molar-refractivity contribution >= 4 is 5.97 Å². The van der Waals surface area contributed by atoms with Crippen molar-refractivity contribution in [2.45, 2.75) is 18.6 Å². The lowest BCUT2D eigenvalue weighted by atomic mass is 9.90. The molecular formula is C14H18F3NO3. The lowest BCUT2D eigenvalue weighted by Crippen LogP contribution is -2.55. The Balaban J connectivity index is 3.19. The molecule has 0 aliphatic heterocycles. The average molecular weight is 305 g/mol. The van der Waals surface area contributed by atoms with Crippen molar-refractivity contribution in [1.29, 1.82) is 0 Å². The van der Waals surface area contributed by atoms with Crippen LogP contribution in [0.4, 0.5) is 13.2 Å². The number of carbonyl (C=O) groups is 1. The second kappa shape index (κ2) is 7.42. The molecule has 21 heavy (non-hydrogen) atoms. The number of esters is 1. The fraction of sp³-hybridized carbons (Fsp3) is 0.500. The fourth-order valence-corrected chi connectivity index (χ4v) is 1.93. The van der Waals surface area contributed by atoms with Crippen molar-refractivity contribution in [3.63, 3.8) is 0 Å². The number of ether oxygens (including phenoxy) is 2. The molecule has 0 bridgehead atoms. The summed E-state index contributed by atoms with van der Waals surface area (Å²) < 4.78 is 47.5. The highest BCUT2D eigenvalue weighted by atomic mass is 19.4. The van der Waals surface area contributed by atoms with E-state index in [9.17, 15) is 18.0 Å². The molecule has 0 saturated carbocycles. The van der Waals surface area contributed by atoms with E-state index < -0.39 is 24.2 Å². The third-order valence-electron chi connectivity index (χ3n) is 2.84. The van der Waals surface area contributed by atoms with Crippen LogP contribution in [-0.4, -0.2) is 39.0 Å². The second-order valence-electron chi connectivity index (χ2n) is 4.39. The summed E-state index contributed by atoms with van der Waals surface area (Å²) in [5.41, 5.74) is -1.34. The Morgan fingerprint density at radius 2 is 1.86 bits per heavy atom. The zero-order valence-electron chi connectivity index (χ0n) is 11.9. The van der Waals surface area contributed by atoms with E-state index in [2.05, 4.69) is 5.32 Å². The maximum Gasteiger partial charge on any atom is 0.401 e. The highest BCUT2D eigenvalue weighted by Crippen LogP contribution is 2.25. The maximum absolute atomic E-state index is 12.5. The predicted molar refractivity (Wildman–Crippen MR) is 70.7 cm³/mol. The Morgan fingerprint density at radius 1 is 1.24 bits per heavy atom. The lowest BCUT2D eigenvalue weighted by molar-refractivity contribution is -0.159. The Morgan fingerprint density at radius 3 is 2.33 bits per heavy atom. The molecular weight excluding hydrogens is 287 g/mol. The minimum Gasteiger partial charge on any atom is -0.464 e. The van der Waals surface area contributed by atoms with Crippen LogP contribution in [0.15, 0.2) is 30.3 Å². The van der Waals surface area contributed by atoms with Crippen LogP contribution in [0.25, 0.3) is 0 Å². The van der Waals surface area contributed by atoms with Gasteiger partial charge in [0.15, 0.2) is 5.54 Å².